The van der Waals surface area contributed by atoms with Crippen molar-refractivity contribution in [1.29, 1.82) is 0 Å². The van der Waals surface area contributed by atoms with E-state index in [1.165, 1.54) is 11.8 Å². The number of carboxylic acid groups (broad SMARTS) is 1. The van der Waals surface area contributed by atoms with Crippen LogP contribution in [0.25, 0.3) is 0 Å². The number of rotatable bonds is 7. The van der Waals surface area contributed by atoms with Gasteiger partial charge in [0.25, 0.3) is 0 Å². The summed E-state index contributed by atoms with van der Waals surface area (Å²) in [4.78, 5) is 48.4. The Kier molecular flexibility index (Phi) is 6.19. The van der Waals surface area contributed by atoms with Gasteiger partial charge in [0.2, 0.25) is 17.7 Å². The zero-order valence-electron chi connectivity index (χ0n) is 14.0. The molecule has 0 bridgehead atoms. The second kappa shape index (κ2) is 8.15. The lowest BCUT2D eigenvalue weighted by Crippen LogP contribution is -2.42. The topological polar surface area (TPSA) is 104 Å². The van der Waals surface area contributed by atoms with Crippen LogP contribution in [0.4, 0.5) is 5.69 Å². The van der Waals surface area contributed by atoms with Crippen molar-refractivity contribution in [1.82, 2.24) is 5.32 Å². The Balaban J connectivity index is 2.10. The van der Waals surface area contributed by atoms with Crippen LogP contribution in [-0.2, 0) is 25.6 Å². The third-order valence-electron chi connectivity index (χ3n) is 3.86. The molecule has 1 heterocycles. The van der Waals surface area contributed by atoms with E-state index >= 15 is 0 Å². The number of hydrogen-bond donors (Lipinski definition) is 2. The van der Waals surface area contributed by atoms with Crippen LogP contribution in [0.1, 0.15) is 25.8 Å². The molecular weight excluding hydrogens is 344 g/mol. The van der Waals surface area contributed by atoms with E-state index in [2.05, 4.69) is 5.32 Å². The van der Waals surface area contributed by atoms with Crippen molar-refractivity contribution in [2.75, 3.05) is 10.7 Å². The van der Waals surface area contributed by atoms with E-state index in [-0.39, 0.29) is 24.0 Å². The Bertz CT molecular complexity index is 706. The molecule has 2 atom stereocenters. The molecule has 0 aromatic heterocycles. The summed E-state index contributed by atoms with van der Waals surface area (Å²) in [5.41, 5.74) is 1.48. The summed E-state index contributed by atoms with van der Waals surface area (Å²) in [6.07, 6.45) is 0.711. The van der Waals surface area contributed by atoms with Gasteiger partial charge in [0.15, 0.2) is 0 Å². The molecule has 0 radical (unpaired) electrons. The van der Waals surface area contributed by atoms with Crippen molar-refractivity contribution in [3.8, 4) is 0 Å². The highest BCUT2D eigenvalue weighted by molar-refractivity contribution is 8.00. The van der Waals surface area contributed by atoms with Crippen LogP contribution in [-0.4, -0.2) is 45.8 Å². The van der Waals surface area contributed by atoms with Crippen molar-refractivity contribution in [3.63, 3.8) is 0 Å². The highest BCUT2D eigenvalue weighted by Crippen LogP contribution is 2.32. The molecule has 3 amide bonds. The molecule has 0 spiro atoms. The first-order valence-electron chi connectivity index (χ1n) is 7.91. The Morgan fingerprint density at radius 3 is 2.64 bits per heavy atom. The number of thioether (sulfide) groups is 1. The van der Waals surface area contributed by atoms with Gasteiger partial charge in [0, 0.05) is 19.1 Å². The van der Waals surface area contributed by atoms with Gasteiger partial charge in [0.1, 0.15) is 6.04 Å². The Morgan fingerprint density at radius 2 is 2.04 bits per heavy atom. The summed E-state index contributed by atoms with van der Waals surface area (Å²) < 4.78 is 0. The monoisotopic (exact) mass is 364 g/mol. The Labute approximate surface area is 149 Å². The van der Waals surface area contributed by atoms with Gasteiger partial charge in [-0.1, -0.05) is 25.1 Å². The molecule has 134 valence electrons. The first-order valence-corrected chi connectivity index (χ1v) is 8.96. The number of hydrogen-bond acceptors (Lipinski definition) is 5. The van der Waals surface area contributed by atoms with Crippen LogP contribution in [0.2, 0.25) is 0 Å². The number of aliphatic carboxylic acids is 1. The van der Waals surface area contributed by atoms with Gasteiger partial charge in [-0.25, -0.2) is 9.69 Å². The third-order valence-corrected chi connectivity index (χ3v) is 5.15. The van der Waals surface area contributed by atoms with E-state index in [1.54, 1.807) is 12.1 Å². The number of para-hydroxylation sites is 1. The van der Waals surface area contributed by atoms with Gasteiger partial charge >= 0.3 is 5.97 Å². The first-order chi connectivity index (χ1) is 11.8. The molecule has 25 heavy (non-hydrogen) atoms. The van der Waals surface area contributed by atoms with Crippen molar-refractivity contribution in [3.05, 3.63) is 29.8 Å². The summed E-state index contributed by atoms with van der Waals surface area (Å²) in [5, 5.41) is 10.8. The number of carboxylic acids is 1. The van der Waals surface area contributed by atoms with Gasteiger partial charge < -0.3 is 10.4 Å². The molecule has 8 heteroatoms. The number of nitrogens with one attached hydrogen (secondary N) is 1. The summed E-state index contributed by atoms with van der Waals surface area (Å²) in [5.74, 6) is -2.26. The van der Waals surface area contributed by atoms with Crippen LogP contribution < -0.4 is 10.2 Å². The quantitative estimate of drug-likeness (QED) is 0.705. The summed E-state index contributed by atoms with van der Waals surface area (Å²) >= 11 is 1.08. The number of benzene rings is 1. The molecule has 0 unspecified atom stereocenters. The van der Waals surface area contributed by atoms with Crippen LogP contribution in [0.3, 0.4) is 0 Å². The minimum Gasteiger partial charge on any atom is -0.480 e. The largest absolute Gasteiger partial charge is 0.480 e. The van der Waals surface area contributed by atoms with E-state index in [4.69, 9.17) is 5.11 Å². The van der Waals surface area contributed by atoms with Gasteiger partial charge in [-0.2, -0.15) is 0 Å². The molecule has 1 aromatic rings. The fraction of sp³-hybridized carbons (Fsp3) is 0.412. The third kappa shape index (κ3) is 4.39. The molecule has 2 N–H and O–H groups in total. The van der Waals surface area contributed by atoms with Gasteiger partial charge in [-0.05, 0) is 18.1 Å². The minimum absolute atomic E-state index is 0.0157. The van der Waals surface area contributed by atoms with E-state index in [9.17, 15) is 19.2 Å². The number of amides is 3. The SMILES string of the molecule is CCc1ccccc1N1C(=O)C[C@@H](SC[C@@H](NC(C)=O)C(=O)O)C1=O. The molecule has 1 aliphatic heterocycles. The predicted molar refractivity (Wildman–Crippen MR) is 94.4 cm³/mol. The van der Waals surface area contributed by atoms with E-state index in [0.29, 0.717) is 12.1 Å². The summed E-state index contributed by atoms with van der Waals surface area (Å²) in [6, 6.07) is 6.13. The molecule has 1 aromatic carbocycles. The average molecular weight is 364 g/mol. The first kappa shape index (κ1) is 19.0. The van der Waals surface area contributed by atoms with Crippen LogP contribution in [0, 0.1) is 0 Å². The second-order valence-electron chi connectivity index (χ2n) is 5.67. The van der Waals surface area contributed by atoms with Crippen molar-refractivity contribution >= 4 is 41.1 Å². The molecule has 7 nitrogen and oxygen atoms in total. The molecule has 1 aliphatic rings. The predicted octanol–water partition coefficient (Wildman–Crippen LogP) is 1.20. The molecule has 1 fully saturated rings. The molecular formula is C17H20N2O5S. The maximum Gasteiger partial charge on any atom is 0.327 e. The maximum atomic E-state index is 12.6. The smallest absolute Gasteiger partial charge is 0.327 e. The zero-order valence-corrected chi connectivity index (χ0v) is 14.8. The van der Waals surface area contributed by atoms with Gasteiger partial charge in [-0.3, -0.25) is 14.4 Å². The molecule has 0 saturated carbocycles. The zero-order chi connectivity index (χ0) is 18.6. The van der Waals surface area contributed by atoms with Crippen molar-refractivity contribution < 1.29 is 24.3 Å². The number of imide groups is 1. The minimum atomic E-state index is -1.17. The fourth-order valence-corrected chi connectivity index (χ4v) is 3.81. The highest BCUT2D eigenvalue weighted by atomic mass is 32.2. The van der Waals surface area contributed by atoms with Crippen LogP contribution in [0.5, 0.6) is 0 Å². The summed E-state index contributed by atoms with van der Waals surface area (Å²) in [6.45, 7) is 3.18. The van der Waals surface area contributed by atoms with Crippen LogP contribution in [0.15, 0.2) is 24.3 Å². The second-order valence-corrected chi connectivity index (χ2v) is 6.90. The van der Waals surface area contributed by atoms with Gasteiger partial charge in [0.05, 0.1) is 10.9 Å². The van der Waals surface area contributed by atoms with Crippen molar-refractivity contribution in [2.24, 2.45) is 0 Å². The Hall–Kier alpha value is -2.35. The highest BCUT2D eigenvalue weighted by Gasteiger charge is 2.41. The molecule has 1 saturated heterocycles. The van der Waals surface area contributed by atoms with E-state index in [0.717, 1.165) is 17.3 Å². The maximum absolute atomic E-state index is 12.6. The normalized spacial score (nSPS) is 18.3. The lowest BCUT2D eigenvalue weighted by molar-refractivity contribution is -0.140. The standard InChI is InChI=1S/C17H20N2O5S/c1-3-11-6-4-5-7-13(11)19-15(21)8-14(16(19)22)25-9-12(17(23)24)18-10(2)20/h4-7,12,14H,3,8-9H2,1-2H3,(H,18,20)(H,23,24)/t12-,14-/m1/s1. The molecule has 0 aliphatic carbocycles. The number of nitrogens with zero attached hydrogens (tertiary/aromatic N) is 1. The summed E-state index contributed by atoms with van der Waals surface area (Å²) in [7, 11) is 0. The Morgan fingerprint density at radius 1 is 1.36 bits per heavy atom. The fourth-order valence-electron chi connectivity index (χ4n) is 2.65. The number of carbonyl (C=O) groups is 4. The lowest BCUT2D eigenvalue weighted by atomic mass is 10.1. The van der Waals surface area contributed by atoms with E-state index < -0.39 is 23.2 Å². The van der Waals surface area contributed by atoms with Crippen LogP contribution >= 0.6 is 11.8 Å². The van der Waals surface area contributed by atoms with E-state index in [1.807, 2.05) is 19.1 Å². The lowest BCUT2D eigenvalue weighted by Gasteiger charge is -2.19. The number of carbonyl (C=O) groups excluding carboxylic acids is 3. The van der Waals surface area contributed by atoms with Crippen molar-refractivity contribution in [2.45, 2.75) is 38.0 Å². The number of anilines is 1. The number of aryl methyl sites for hydroxylation is 1. The van der Waals surface area contributed by atoms with Gasteiger partial charge in [-0.15, -0.1) is 11.8 Å². The average Bonchev–Trinajstić information content (AvgIpc) is 2.84. The molecule has 2 rings (SSSR count).